The van der Waals surface area contributed by atoms with Crippen LogP contribution in [0.15, 0.2) is 65.4 Å². The van der Waals surface area contributed by atoms with E-state index >= 15 is 0 Å². The van der Waals surface area contributed by atoms with Gasteiger partial charge in [0.25, 0.3) is 0 Å². The quantitative estimate of drug-likeness (QED) is 0.671. The average molecular weight is 412 g/mol. The van der Waals surface area contributed by atoms with Gasteiger partial charge in [-0.3, -0.25) is 0 Å². The zero-order chi connectivity index (χ0) is 18.1. The second kappa shape index (κ2) is 6.53. The van der Waals surface area contributed by atoms with Crippen LogP contribution in [-0.2, 0) is 5.54 Å². The Morgan fingerprint density at radius 2 is 1.76 bits per heavy atom. The number of aromatic amines is 1. The van der Waals surface area contributed by atoms with Crippen LogP contribution in [0.2, 0.25) is 0 Å². The summed E-state index contributed by atoms with van der Waals surface area (Å²) in [4.78, 5) is 7.23. The smallest absolute Gasteiger partial charge is 0.406 e. The molecule has 0 aliphatic rings. The van der Waals surface area contributed by atoms with Crippen molar-refractivity contribution in [2.24, 2.45) is 5.73 Å². The summed E-state index contributed by atoms with van der Waals surface area (Å²) in [5, 5.41) is 0. The Bertz CT molecular complexity index is 850. The number of rotatable bonds is 4. The van der Waals surface area contributed by atoms with Gasteiger partial charge in [-0.15, -0.1) is 13.2 Å². The summed E-state index contributed by atoms with van der Waals surface area (Å²) in [7, 11) is 0. The first kappa shape index (κ1) is 17.5. The molecule has 0 fully saturated rings. The fraction of sp³-hybridized carbons (Fsp3) is 0.118. The zero-order valence-electron chi connectivity index (χ0n) is 12.7. The van der Waals surface area contributed by atoms with E-state index in [1.807, 2.05) is 24.3 Å². The highest BCUT2D eigenvalue weighted by Gasteiger charge is 2.35. The third-order valence-corrected chi connectivity index (χ3v) is 4.19. The summed E-state index contributed by atoms with van der Waals surface area (Å²) < 4.78 is 41.8. The molecule has 3 rings (SSSR count). The van der Waals surface area contributed by atoms with E-state index in [-0.39, 0.29) is 5.75 Å². The molecule has 4 nitrogen and oxygen atoms in total. The molecule has 130 valence electrons. The number of halogens is 4. The van der Waals surface area contributed by atoms with E-state index in [1.54, 1.807) is 12.4 Å². The highest BCUT2D eigenvalue weighted by molar-refractivity contribution is 9.10. The lowest BCUT2D eigenvalue weighted by Gasteiger charge is -2.29. The lowest BCUT2D eigenvalue weighted by Crippen LogP contribution is -2.40. The third-order valence-electron chi connectivity index (χ3n) is 3.69. The fourth-order valence-electron chi connectivity index (χ4n) is 2.57. The van der Waals surface area contributed by atoms with Crippen molar-refractivity contribution in [2.45, 2.75) is 11.9 Å². The Morgan fingerprint density at radius 3 is 2.32 bits per heavy atom. The van der Waals surface area contributed by atoms with Crippen LogP contribution in [0.25, 0.3) is 0 Å². The lowest BCUT2D eigenvalue weighted by molar-refractivity contribution is -0.274. The number of nitrogens with zero attached hydrogens (tertiary/aromatic N) is 1. The van der Waals surface area contributed by atoms with Crippen molar-refractivity contribution in [3.63, 3.8) is 0 Å². The van der Waals surface area contributed by atoms with Gasteiger partial charge in [-0.2, -0.15) is 0 Å². The molecule has 8 heteroatoms. The van der Waals surface area contributed by atoms with Gasteiger partial charge < -0.3 is 15.5 Å². The van der Waals surface area contributed by atoms with Gasteiger partial charge in [-0.25, -0.2) is 4.98 Å². The number of imidazole rings is 1. The number of hydrogen-bond acceptors (Lipinski definition) is 3. The Kier molecular flexibility index (Phi) is 4.57. The van der Waals surface area contributed by atoms with Crippen molar-refractivity contribution in [1.29, 1.82) is 0 Å². The van der Waals surface area contributed by atoms with Gasteiger partial charge in [-0.1, -0.05) is 40.2 Å². The Hall–Kier alpha value is -2.32. The van der Waals surface area contributed by atoms with Crippen molar-refractivity contribution in [3.8, 4) is 5.75 Å². The molecule has 2 aromatic carbocycles. The molecule has 0 radical (unpaired) electrons. The number of aromatic nitrogens is 2. The zero-order valence-corrected chi connectivity index (χ0v) is 14.3. The van der Waals surface area contributed by atoms with Crippen molar-refractivity contribution in [2.75, 3.05) is 0 Å². The predicted molar refractivity (Wildman–Crippen MR) is 89.9 cm³/mol. The second-order valence-electron chi connectivity index (χ2n) is 5.33. The molecule has 1 unspecified atom stereocenters. The first-order valence-corrected chi connectivity index (χ1v) is 7.99. The summed E-state index contributed by atoms with van der Waals surface area (Å²) in [5.41, 5.74) is 6.80. The van der Waals surface area contributed by atoms with Gasteiger partial charge in [0, 0.05) is 16.9 Å². The van der Waals surface area contributed by atoms with Gasteiger partial charge in [-0.05, 0) is 35.4 Å². The van der Waals surface area contributed by atoms with Crippen LogP contribution >= 0.6 is 15.9 Å². The number of nitrogens with two attached hydrogens (primary N) is 1. The maximum atomic E-state index is 12.3. The number of alkyl halides is 3. The molecule has 0 aliphatic carbocycles. The molecule has 1 aromatic heterocycles. The van der Waals surface area contributed by atoms with Gasteiger partial charge in [0.1, 0.15) is 17.1 Å². The van der Waals surface area contributed by atoms with Crippen molar-refractivity contribution >= 4 is 15.9 Å². The fourth-order valence-corrected chi connectivity index (χ4v) is 2.97. The molecule has 0 amide bonds. The van der Waals surface area contributed by atoms with E-state index in [4.69, 9.17) is 5.73 Å². The Labute approximate surface area is 150 Å². The standard InChI is InChI=1S/C17H13BrF3N3O/c18-13-3-1-2-12(10-13)16(22,15-23-8-9-24-15)11-4-6-14(7-5-11)25-17(19,20)21/h1-10H,22H2,(H,23,24). The largest absolute Gasteiger partial charge is 0.573 e. The van der Waals surface area contributed by atoms with E-state index in [9.17, 15) is 13.2 Å². The molecule has 1 atom stereocenters. The summed E-state index contributed by atoms with van der Waals surface area (Å²) in [5.74, 6) is 0.155. The number of benzene rings is 2. The number of hydrogen-bond donors (Lipinski definition) is 2. The first-order chi connectivity index (χ1) is 11.8. The predicted octanol–water partition coefficient (Wildman–Crippen LogP) is 4.32. The maximum absolute atomic E-state index is 12.3. The molecule has 0 saturated heterocycles. The topological polar surface area (TPSA) is 63.9 Å². The Morgan fingerprint density at radius 1 is 1.04 bits per heavy atom. The van der Waals surface area contributed by atoms with E-state index in [0.29, 0.717) is 11.4 Å². The van der Waals surface area contributed by atoms with Crippen LogP contribution in [0.3, 0.4) is 0 Å². The highest BCUT2D eigenvalue weighted by Crippen LogP contribution is 2.34. The number of nitrogens with one attached hydrogen (secondary N) is 1. The van der Waals surface area contributed by atoms with Crippen LogP contribution < -0.4 is 10.5 Å². The summed E-state index contributed by atoms with van der Waals surface area (Å²) in [6.07, 6.45) is -1.54. The molecule has 0 saturated carbocycles. The van der Waals surface area contributed by atoms with Crippen LogP contribution in [0.4, 0.5) is 13.2 Å². The molecular formula is C17H13BrF3N3O. The normalized spacial score (nSPS) is 14.1. The van der Waals surface area contributed by atoms with Crippen LogP contribution in [0.1, 0.15) is 17.0 Å². The number of H-pyrrole nitrogens is 1. The molecule has 1 heterocycles. The minimum absolute atomic E-state index is 0.313. The van der Waals surface area contributed by atoms with E-state index < -0.39 is 11.9 Å². The van der Waals surface area contributed by atoms with Crippen molar-refractivity contribution < 1.29 is 17.9 Å². The van der Waals surface area contributed by atoms with Gasteiger partial charge in [0.15, 0.2) is 0 Å². The highest BCUT2D eigenvalue weighted by atomic mass is 79.9. The van der Waals surface area contributed by atoms with Gasteiger partial charge in [0.05, 0.1) is 0 Å². The number of ether oxygens (including phenoxy) is 1. The molecular weight excluding hydrogens is 399 g/mol. The van der Waals surface area contributed by atoms with E-state index in [0.717, 1.165) is 10.0 Å². The minimum Gasteiger partial charge on any atom is -0.406 e. The van der Waals surface area contributed by atoms with Crippen molar-refractivity contribution in [3.05, 3.63) is 82.3 Å². The van der Waals surface area contributed by atoms with Crippen LogP contribution in [0, 0.1) is 0 Å². The Balaban J connectivity index is 2.07. The lowest BCUT2D eigenvalue weighted by atomic mass is 9.83. The molecule has 25 heavy (non-hydrogen) atoms. The molecule has 0 aliphatic heterocycles. The monoisotopic (exact) mass is 411 g/mol. The summed E-state index contributed by atoms with van der Waals surface area (Å²) in [6, 6.07) is 12.8. The van der Waals surface area contributed by atoms with Crippen LogP contribution in [0.5, 0.6) is 5.75 Å². The third kappa shape index (κ3) is 3.69. The minimum atomic E-state index is -4.74. The second-order valence-corrected chi connectivity index (χ2v) is 6.24. The maximum Gasteiger partial charge on any atom is 0.573 e. The average Bonchev–Trinajstić information content (AvgIpc) is 3.08. The molecule has 3 aromatic rings. The molecule has 3 N–H and O–H groups in total. The van der Waals surface area contributed by atoms with Crippen LogP contribution in [-0.4, -0.2) is 16.3 Å². The van der Waals surface area contributed by atoms with Gasteiger partial charge in [0.2, 0.25) is 0 Å². The molecule has 0 spiro atoms. The summed E-state index contributed by atoms with van der Waals surface area (Å²) in [6.45, 7) is 0. The molecule has 0 bridgehead atoms. The van der Waals surface area contributed by atoms with Crippen molar-refractivity contribution in [1.82, 2.24) is 9.97 Å². The summed E-state index contributed by atoms with van der Waals surface area (Å²) >= 11 is 3.40. The van der Waals surface area contributed by atoms with E-state index in [2.05, 4.69) is 30.6 Å². The SMILES string of the molecule is NC(c1ccc(OC(F)(F)F)cc1)(c1cccc(Br)c1)c1ncc[nH]1. The van der Waals surface area contributed by atoms with E-state index in [1.165, 1.54) is 24.3 Å². The first-order valence-electron chi connectivity index (χ1n) is 7.20. The van der Waals surface area contributed by atoms with Gasteiger partial charge >= 0.3 is 6.36 Å².